The van der Waals surface area contributed by atoms with Crippen LogP contribution in [0.15, 0.2) is 50.4 Å². The molecule has 2 heterocycles. The zero-order chi connectivity index (χ0) is 17.9. The summed E-state index contributed by atoms with van der Waals surface area (Å²) in [6, 6.07) is 11.1. The molecule has 0 spiro atoms. The highest BCUT2D eigenvalue weighted by Gasteiger charge is 2.26. The van der Waals surface area contributed by atoms with Crippen LogP contribution in [-0.4, -0.2) is 31.7 Å². The fraction of sp³-hybridized carbons (Fsp3) is 0.353. The number of thiophene rings is 1. The summed E-state index contributed by atoms with van der Waals surface area (Å²) in [6.07, 6.45) is 1.87. The summed E-state index contributed by atoms with van der Waals surface area (Å²) < 4.78 is 27.7. The van der Waals surface area contributed by atoms with Crippen LogP contribution >= 0.6 is 23.1 Å². The quantitative estimate of drug-likeness (QED) is 0.813. The molecule has 1 aromatic heterocycles. The molecule has 3 rings (SSSR count). The lowest BCUT2D eigenvalue weighted by Gasteiger charge is -2.15. The number of hydrogen-bond donors (Lipinski definition) is 1. The maximum absolute atomic E-state index is 12.5. The van der Waals surface area contributed by atoms with Gasteiger partial charge in [0.1, 0.15) is 0 Å². The first-order chi connectivity index (χ1) is 11.9. The van der Waals surface area contributed by atoms with E-state index >= 15 is 0 Å². The summed E-state index contributed by atoms with van der Waals surface area (Å²) in [5.41, 5.74) is 0. The van der Waals surface area contributed by atoms with Gasteiger partial charge in [-0.05, 0) is 49.2 Å². The second-order valence-corrected chi connectivity index (χ2v) is 10.3. The molecule has 1 aliphatic heterocycles. The van der Waals surface area contributed by atoms with Gasteiger partial charge in [0.25, 0.3) is 0 Å². The van der Waals surface area contributed by atoms with Crippen molar-refractivity contribution < 1.29 is 13.2 Å². The van der Waals surface area contributed by atoms with E-state index in [2.05, 4.69) is 5.32 Å². The Morgan fingerprint density at radius 1 is 1.16 bits per heavy atom. The number of hydrogen-bond acceptors (Lipinski definition) is 5. The number of nitrogens with one attached hydrogen (secondary N) is 1. The van der Waals surface area contributed by atoms with E-state index in [0.29, 0.717) is 24.5 Å². The van der Waals surface area contributed by atoms with Gasteiger partial charge >= 0.3 is 0 Å². The summed E-state index contributed by atoms with van der Waals surface area (Å²) >= 11 is 3.21. The number of sulfonamides is 1. The molecular weight excluding hydrogens is 376 g/mol. The van der Waals surface area contributed by atoms with Crippen molar-refractivity contribution in [2.75, 3.05) is 13.1 Å². The number of amides is 1. The first kappa shape index (κ1) is 18.4. The van der Waals surface area contributed by atoms with Crippen LogP contribution in [0.3, 0.4) is 0 Å². The van der Waals surface area contributed by atoms with Gasteiger partial charge in [0.05, 0.1) is 15.6 Å². The van der Waals surface area contributed by atoms with Gasteiger partial charge in [-0.3, -0.25) is 4.79 Å². The molecule has 0 aliphatic carbocycles. The number of rotatable bonds is 6. The minimum Gasteiger partial charge on any atom is -0.351 e. The van der Waals surface area contributed by atoms with Gasteiger partial charge in [0.2, 0.25) is 15.9 Å². The summed E-state index contributed by atoms with van der Waals surface area (Å²) in [6.45, 7) is 3.27. The first-order valence-electron chi connectivity index (χ1n) is 8.06. The molecule has 8 heteroatoms. The highest BCUT2D eigenvalue weighted by molar-refractivity contribution is 8.01. The molecule has 2 aromatic rings. The fourth-order valence-electron chi connectivity index (χ4n) is 2.59. The van der Waals surface area contributed by atoms with Gasteiger partial charge in [-0.1, -0.05) is 11.8 Å². The molecule has 1 amide bonds. The van der Waals surface area contributed by atoms with Crippen LogP contribution in [-0.2, 0) is 21.4 Å². The molecule has 0 saturated carbocycles. The van der Waals surface area contributed by atoms with Crippen molar-refractivity contribution >= 4 is 39.0 Å². The number of nitrogens with zero attached hydrogens (tertiary/aromatic N) is 1. The Morgan fingerprint density at radius 3 is 2.48 bits per heavy atom. The highest BCUT2D eigenvalue weighted by Crippen LogP contribution is 2.34. The third kappa shape index (κ3) is 4.63. The van der Waals surface area contributed by atoms with Crippen LogP contribution < -0.4 is 5.32 Å². The van der Waals surface area contributed by atoms with Crippen LogP contribution in [0.2, 0.25) is 0 Å². The SMILES string of the molecule is CC(=O)NCc1ccc(Sc2ccc(S(=O)(=O)N3CCCC3)cc2)s1. The maximum Gasteiger partial charge on any atom is 0.243 e. The molecule has 1 aliphatic rings. The Kier molecular flexibility index (Phi) is 5.83. The summed E-state index contributed by atoms with van der Waals surface area (Å²) in [7, 11) is -3.35. The number of benzene rings is 1. The van der Waals surface area contributed by atoms with Crippen molar-refractivity contribution in [3.8, 4) is 0 Å². The first-order valence-corrected chi connectivity index (χ1v) is 11.1. The summed E-state index contributed by atoms with van der Waals surface area (Å²) in [5.74, 6) is -0.0441. The molecule has 0 radical (unpaired) electrons. The largest absolute Gasteiger partial charge is 0.351 e. The fourth-order valence-corrected chi connectivity index (χ4v) is 6.20. The third-order valence-electron chi connectivity index (χ3n) is 3.89. The molecule has 1 saturated heterocycles. The van der Waals surface area contributed by atoms with Crippen LogP contribution in [0.25, 0.3) is 0 Å². The average Bonchev–Trinajstić information content (AvgIpc) is 3.25. The van der Waals surface area contributed by atoms with E-state index in [0.717, 1.165) is 26.8 Å². The molecule has 134 valence electrons. The van der Waals surface area contributed by atoms with E-state index in [-0.39, 0.29) is 5.91 Å². The lowest BCUT2D eigenvalue weighted by Crippen LogP contribution is -2.27. The Morgan fingerprint density at radius 2 is 1.84 bits per heavy atom. The Labute approximate surface area is 156 Å². The smallest absolute Gasteiger partial charge is 0.243 e. The van der Waals surface area contributed by atoms with E-state index in [1.807, 2.05) is 24.3 Å². The normalized spacial score (nSPS) is 15.4. The standard InChI is InChI=1S/C17H20N2O3S3/c1-13(20)18-12-15-6-9-17(24-15)23-14-4-7-16(8-5-14)25(21,22)19-10-2-3-11-19/h4-9H,2-3,10-12H2,1H3,(H,18,20). The Hall–Kier alpha value is -1.35. The highest BCUT2D eigenvalue weighted by atomic mass is 32.2. The predicted molar refractivity (Wildman–Crippen MR) is 100 cm³/mol. The lowest BCUT2D eigenvalue weighted by molar-refractivity contribution is -0.119. The monoisotopic (exact) mass is 396 g/mol. The minimum absolute atomic E-state index is 0.0441. The Balaban J connectivity index is 1.65. The van der Waals surface area contributed by atoms with E-state index in [1.54, 1.807) is 39.5 Å². The third-order valence-corrected chi connectivity index (χ3v) is 8.03. The van der Waals surface area contributed by atoms with E-state index in [1.165, 1.54) is 6.92 Å². The molecular formula is C17H20N2O3S3. The van der Waals surface area contributed by atoms with E-state index < -0.39 is 10.0 Å². The minimum atomic E-state index is -3.35. The predicted octanol–water partition coefficient (Wildman–Crippen LogP) is 3.32. The van der Waals surface area contributed by atoms with E-state index in [4.69, 9.17) is 0 Å². The van der Waals surface area contributed by atoms with Crippen LogP contribution in [0, 0.1) is 0 Å². The average molecular weight is 397 g/mol. The molecule has 1 aromatic carbocycles. The molecule has 5 nitrogen and oxygen atoms in total. The maximum atomic E-state index is 12.5. The zero-order valence-corrected chi connectivity index (χ0v) is 16.3. The summed E-state index contributed by atoms with van der Waals surface area (Å²) in [5, 5.41) is 2.78. The Bertz CT molecular complexity index is 838. The van der Waals surface area contributed by atoms with Crippen molar-refractivity contribution in [1.29, 1.82) is 0 Å². The van der Waals surface area contributed by atoms with Gasteiger partial charge in [-0.2, -0.15) is 4.31 Å². The van der Waals surface area contributed by atoms with Crippen molar-refractivity contribution in [2.24, 2.45) is 0 Å². The van der Waals surface area contributed by atoms with Crippen molar-refractivity contribution in [2.45, 2.75) is 40.3 Å². The summed E-state index contributed by atoms with van der Waals surface area (Å²) in [4.78, 5) is 13.4. The van der Waals surface area contributed by atoms with Gasteiger partial charge in [0.15, 0.2) is 0 Å². The van der Waals surface area contributed by atoms with Crippen molar-refractivity contribution in [3.63, 3.8) is 0 Å². The molecule has 1 N–H and O–H groups in total. The van der Waals surface area contributed by atoms with Crippen LogP contribution in [0.5, 0.6) is 0 Å². The van der Waals surface area contributed by atoms with Gasteiger partial charge in [-0.25, -0.2) is 8.42 Å². The lowest BCUT2D eigenvalue weighted by atomic mass is 10.4. The van der Waals surface area contributed by atoms with Crippen LogP contribution in [0.4, 0.5) is 0 Å². The molecule has 25 heavy (non-hydrogen) atoms. The zero-order valence-electron chi connectivity index (χ0n) is 13.9. The molecule has 0 bridgehead atoms. The van der Waals surface area contributed by atoms with Crippen molar-refractivity contribution in [3.05, 3.63) is 41.3 Å². The van der Waals surface area contributed by atoms with E-state index in [9.17, 15) is 13.2 Å². The van der Waals surface area contributed by atoms with Crippen molar-refractivity contribution in [1.82, 2.24) is 9.62 Å². The van der Waals surface area contributed by atoms with Crippen LogP contribution in [0.1, 0.15) is 24.6 Å². The molecule has 0 unspecified atom stereocenters. The number of carbonyl (C=O) groups excluding carboxylic acids is 1. The molecule has 0 atom stereocenters. The number of carbonyl (C=O) groups is 1. The van der Waals surface area contributed by atoms with Gasteiger partial charge in [0, 0.05) is 29.8 Å². The topological polar surface area (TPSA) is 66.5 Å². The van der Waals surface area contributed by atoms with Gasteiger partial charge in [-0.15, -0.1) is 11.3 Å². The second-order valence-electron chi connectivity index (χ2n) is 5.82. The van der Waals surface area contributed by atoms with Gasteiger partial charge < -0.3 is 5.32 Å². The molecule has 1 fully saturated rings. The second kappa shape index (κ2) is 7.90.